The van der Waals surface area contributed by atoms with Gasteiger partial charge in [0.1, 0.15) is 11.4 Å². The van der Waals surface area contributed by atoms with Crippen LogP contribution >= 0.6 is 0 Å². The molecule has 4 bridgehead atoms. The van der Waals surface area contributed by atoms with E-state index in [1.807, 2.05) is 38.1 Å². The van der Waals surface area contributed by atoms with Gasteiger partial charge in [0.25, 0.3) is 0 Å². The van der Waals surface area contributed by atoms with Crippen LogP contribution in [0.4, 0.5) is 0 Å². The average molecular weight is 565 g/mol. The number of hydrogen-bond donors (Lipinski definition) is 2. The van der Waals surface area contributed by atoms with Crippen molar-refractivity contribution in [2.75, 3.05) is 0 Å². The van der Waals surface area contributed by atoms with E-state index in [2.05, 4.69) is 46.8 Å². The second kappa shape index (κ2) is 14.7. The first-order valence-electron chi connectivity index (χ1n) is 16.2. The number of ether oxygens (including phenoxy) is 1. The van der Waals surface area contributed by atoms with Crippen LogP contribution in [0.2, 0.25) is 0 Å². The molecule has 6 rings (SSSR count). The van der Waals surface area contributed by atoms with Gasteiger partial charge in [-0.2, -0.15) is 0 Å². The Labute approximate surface area is 249 Å². The lowest BCUT2D eigenvalue weighted by atomic mass is 9.54. The molecule has 4 fully saturated rings. The standard InChI is InChI=1S/C16H26O2.C11H16O.C10H14O/c1-4-15(2,3)14(17)18-16-8-11-5-12(9-16)7-13(6-11)10-16;1-3-9(2)11-6-4-10(8-12)5-7-11;1-3-8(2)9-4-6-10(11)7-5-9/h11-13H,4-10H2,1-3H3;4-7,9,12H,3,8H2,1-2H3;4-8,11H,3H2,1-2H3. The first kappa shape index (κ1) is 33.2. The van der Waals surface area contributed by atoms with Crippen molar-refractivity contribution in [3.8, 4) is 5.75 Å². The summed E-state index contributed by atoms with van der Waals surface area (Å²) in [4.78, 5) is 12.4. The van der Waals surface area contributed by atoms with E-state index in [1.54, 1.807) is 12.1 Å². The van der Waals surface area contributed by atoms with E-state index >= 15 is 0 Å². The van der Waals surface area contributed by atoms with E-state index in [0.717, 1.165) is 55.4 Å². The fourth-order valence-corrected chi connectivity index (χ4v) is 6.86. The maximum Gasteiger partial charge on any atom is 0.312 e. The molecule has 4 heteroatoms. The normalized spacial score (nSPS) is 25.7. The summed E-state index contributed by atoms with van der Waals surface area (Å²) in [7, 11) is 0. The number of benzene rings is 2. The summed E-state index contributed by atoms with van der Waals surface area (Å²) in [6, 6.07) is 15.6. The van der Waals surface area contributed by atoms with Crippen LogP contribution in [-0.4, -0.2) is 21.8 Å². The summed E-state index contributed by atoms with van der Waals surface area (Å²) in [5.41, 5.74) is 3.25. The van der Waals surface area contributed by atoms with Gasteiger partial charge in [0.2, 0.25) is 0 Å². The number of esters is 1. The van der Waals surface area contributed by atoms with Crippen LogP contribution in [0.3, 0.4) is 0 Å². The molecule has 2 atom stereocenters. The number of phenols is 1. The molecule has 0 aliphatic heterocycles. The van der Waals surface area contributed by atoms with Crippen LogP contribution in [0.15, 0.2) is 48.5 Å². The topological polar surface area (TPSA) is 66.8 Å². The molecular weight excluding hydrogens is 508 g/mol. The summed E-state index contributed by atoms with van der Waals surface area (Å²) in [6.07, 6.45) is 10.8. The van der Waals surface area contributed by atoms with E-state index < -0.39 is 0 Å². The summed E-state index contributed by atoms with van der Waals surface area (Å²) < 4.78 is 6.07. The largest absolute Gasteiger partial charge is 0.508 e. The van der Waals surface area contributed by atoms with Gasteiger partial charge in [-0.1, -0.05) is 71.0 Å². The SMILES string of the molecule is CCC(C)(C)C(=O)OC12CC3CC(CC(C3)C1)C2.CCC(C)c1ccc(CO)cc1.CCC(C)c1ccc(O)cc1. The van der Waals surface area contributed by atoms with Crippen LogP contribution in [-0.2, 0) is 16.1 Å². The Morgan fingerprint density at radius 1 is 0.829 bits per heavy atom. The van der Waals surface area contributed by atoms with Gasteiger partial charge < -0.3 is 14.9 Å². The van der Waals surface area contributed by atoms with Crippen LogP contribution in [0.5, 0.6) is 5.75 Å². The maximum absolute atomic E-state index is 12.4. The average Bonchev–Trinajstić information content (AvgIpc) is 2.96. The van der Waals surface area contributed by atoms with Crippen molar-refractivity contribution < 1.29 is 19.7 Å². The molecule has 2 unspecified atom stereocenters. The highest BCUT2D eigenvalue weighted by atomic mass is 16.6. The van der Waals surface area contributed by atoms with E-state index in [1.165, 1.54) is 36.8 Å². The number of aliphatic hydroxyl groups is 1. The van der Waals surface area contributed by atoms with E-state index in [-0.39, 0.29) is 23.6 Å². The molecule has 41 heavy (non-hydrogen) atoms. The molecular formula is C37H56O4. The van der Waals surface area contributed by atoms with Gasteiger partial charge in [-0.05, 0) is 130 Å². The summed E-state index contributed by atoms with van der Waals surface area (Å²) >= 11 is 0. The molecule has 2 N–H and O–H groups in total. The zero-order valence-electron chi connectivity index (χ0n) is 26.8. The Balaban J connectivity index is 0.000000177. The monoisotopic (exact) mass is 564 g/mol. The maximum atomic E-state index is 12.4. The molecule has 4 aliphatic rings. The van der Waals surface area contributed by atoms with E-state index in [9.17, 15) is 4.79 Å². The van der Waals surface area contributed by atoms with Crippen molar-refractivity contribution in [1.29, 1.82) is 0 Å². The Hall–Kier alpha value is -2.33. The molecule has 228 valence electrons. The van der Waals surface area contributed by atoms with E-state index in [4.69, 9.17) is 14.9 Å². The van der Waals surface area contributed by atoms with Crippen LogP contribution in [0.1, 0.15) is 135 Å². The number of aromatic hydroxyl groups is 1. The minimum absolute atomic E-state index is 0.0342. The molecule has 0 saturated heterocycles. The lowest BCUT2D eigenvalue weighted by Crippen LogP contribution is -2.53. The smallest absolute Gasteiger partial charge is 0.312 e. The fraction of sp³-hybridized carbons (Fsp3) is 0.649. The Morgan fingerprint density at radius 3 is 1.61 bits per heavy atom. The summed E-state index contributed by atoms with van der Waals surface area (Å²) in [5.74, 6) is 4.12. The third-order valence-electron chi connectivity index (χ3n) is 10.1. The fourth-order valence-electron chi connectivity index (χ4n) is 6.86. The Bertz CT molecular complexity index is 1030. The third-order valence-corrected chi connectivity index (χ3v) is 10.1. The van der Waals surface area contributed by atoms with Gasteiger partial charge >= 0.3 is 5.97 Å². The van der Waals surface area contributed by atoms with Gasteiger partial charge in [-0.15, -0.1) is 0 Å². The van der Waals surface area contributed by atoms with Gasteiger partial charge in [-0.25, -0.2) is 0 Å². The van der Waals surface area contributed by atoms with Gasteiger partial charge in [-0.3, -0.25) is 4.79 Å². The number of phenolic OH excluding ortho intramolecular Hbond substituents is 1. The number of rotatable bonds is 8. The van der Waals surface area contributed by atoms with Crippen LogP contribution in [0, 0.1) is 23.2 Å². The molecule has 4 saturated carbocycles. The number of carbonyl (C=O) groups is 1. The predicted molar refractivity (Wildman–Crippen MR) is 169 cm³/mol. The molecule has 2 aromatic rings. The first-order valence-corrected chi connectivity index (χ1v) is 16.2. The van der Waals surface area contributed by atoms with Crippen molar-refractivity contribution in [3.05, 3.63) is 65.2 Å². The minimum Gasteiger partial charge on any atom is -0.508 e. The van der Waals surface area contributed by atoms with Gasteiger partial charge in [0.05, 0.1) is 12.0 Å². The lowest BCUT2D eigenvalue weighted by molar-refractivity contribution is -0.196. The third kappa shape index (κ3) is 9.08. The highest BCUT2D eigenvalue weighted by Crippen LogP contribution is 2.57. The van der Waals surface area contributed by atoms with Crippen molar-refractivity contribution in [3.63, 3.8) is 0 Å². The first-order chi connectivity index (χ1) is 19.4. The molecule has 0 radical (unpaired) electrons. The molecule has 0 amide bonds. The highest BCUT2D eigenvalue weighted by Gasteiger charge is 2.53. The molecule has 0 aromatic heterocycles. The van der Waals surface area contributed by atoms with E-state index in [0.29, 0.717) is 17.6 Å². The summed E-state index contributed by atoms with van der Waals surface area (Å²) in [5, 5.41) is 17.8. The van der Waals surface area contributed by atoms with Crippen LogP contribution < -0.4 is 0 Å². The van der Waals surface area contributed by atoms with Crippen LogP contribution in [0.25, 0.3) is 0 Å². The Morgan fingerprint density at radius 2 is 1.24 bits per heavy atom. The zero-order chi connectivity index (χ0) is 30.2. The van der Waals surface area contributed by atoms with Crippen molar-refractivity contribution in [2.24, 2.45) is 23.2 Å². The zero-order valence-corrected chi connectivity index (χ0v) is 26.8. The van der Waals surface area contributed by atoms with Crippen molar-refractivity contribution >= 4 is 5.97 Å². The van der Waals surface area contributed by atoms with Gasteiger partial charge in [0.15, 0.2) is 0 Å². The molecule has 0 heterocycles. The predicted octanol–water partition coefficient (Wildman–Crippen LogP) is 9.53. The number of aliphatic hydroxyl groups excluding tert-OH is 1. The van der Waals surface area contributed by atoms with Gasteiger partial charge in [0, 0.05) is 0 Å². The second-order valence-electron chi connectivity index (χ2n) is 13.8. The second-order valence-corrected chi connectivity index (χ2v) is 13.8. The Kier molecular flexibility index (Phi) is 11.9. The lowest BCUT2D eigenvalue weighted by Gasteiger charge is -2.56. The quantitative estimate of drug-likeness (QED) is 0.313. The number of hydrogen-bond acceptors (Lipinski definition) is 4. The highest BCUT2D eigenvalue weighted by molar-refractivity contribution is 5.76. The minimum atomic E-state index is -0.316. The van der Waals surface area contributed by atoms with Crippen molar-refractivity contribution in [2.45, 2.75) is 130 Å². The summed E-state index contributed by atoms with van der Waals surface area (Å²) in [6.45, 7) is 15.0. The molecule has 0 spiro atoms. The van der Waals surface area contributed by atoms with Crippen molar-refractivity contribution in [1.82, 2.24) is 0 Å². The molecule has 2 aromatic carbocycles. The molecule has 4 aliphatic carbocycles. The number of carbonyl (C=O) groups excluding carboxylic acids is 1. The molecule has 4 nitrogen and oxygen atoms in total.